The van der Waals surface area contributed by atoms with Crippen LogP contribution in [0.3, 0.4) is 0 Å². The second-order valence-corrected chi connectivity index (χ2v) is 5.27. The van der Waals surface area contributed by atoms with Crippen LogP contribution in [0.1, 0.15) is 15.9 Å². The quantitative estimate of drug-likeness (QED) is 0.820. The second kappa shape index (κ2) is 7.14. The van der Waals surface area contributed by atoms with Crippen molar-refractivity contribution in [2.24, 2.45) is 0 Å². The van der Waals surface area contributed by atoms with Crippen LogP contribution in [0.25, 0.3) is 0 Å². The van der Waals surface area contributed by atoms with E-state index in [9.17, 15) is 4.79 Å². The molecule has 1 amide bonds. The maximum absolute atomic E-state index is 11.9. The summed E-state index contributed by atoms with van der Waals surface area (Å²) < 4.78 is 0.764. The second-order valence-electron chi connectivity index (χ2n) is 3.97. The van der Waals surface area contributed by atoms with E-state index in [-0.39, 0.29) is 12.5 Å². The molecule has 0 bridgehead atoms. The topological polar surface area (TPSA) is 29.1 Å². The van der Waals surface area contributed by atoms with Gasteiger partial charge < -0.3 is 5.32 Å². The minimum Gasteiger partial charge on any atom is -0.341 e. The minimum absolute atomic E-state index is 0.155. The Hall–Kier alpha value is -1.76. The molecule has 0 aliphatic rings. The number of amides is 1. The summed E-state index contributed by atoms with van der Waals surface area (Å²) in [6, 6.07) is 14.5. The van der Waals surface area contributed by atoms with Gasteiger partial charge in [0, 0.05) is 15.1 Å². The third kappa shape index (κ3) is 4.12. The van der Waals surface area contributed by atoms with E-state index >= 15 is 0 Å². The van der Waals surface area contributed by atoms with Crippen LogP contribution in [0.4, 0.5) is 0 Å². The molecule has 0 saturated heterocycles. The van der Waals surface area contributed by atoms with Gasteiger partial charge in [-0.3, -0.25) is 4.79 Å². The Morgan fingerprint density at radius 1 is 1.20 bits per heavy atom. The number of rotatable bonds is 2. The van der Waals surface area contributed by atoms with E-state index in [1.165, 1.54) is 0 Å². The Bertz CT molecular complexity index is 688. The van der Waals surface area contributed by atoms with E-state index < -0.39 is 0 Å². The standard InChI is InChI=1S/C16H11BrClNO/c17-15-9-2-1-8-14(15)16(20)19-10-4-6-12-5-3-7-13(18)11-12/h1-3,5,7-9,11H,10H2,(H,19,20). The monoisotopic (exact) mass is 347 g/mol. The van der Waals surface area contributed by atoms with Gasteiger partial charge in [-0.15, -0.1) is 0 Å². The van der Waals surface area contributed by atoms with E-state index in [2.05, 4.69) is 33.1 Å². The number of hydrogen-bond donors (Lipinski definition) is 1. The molecule has 0 saturated carbocycles. The van der Waals surface area contributed by atoms with Gasteiger partial charge in [0.15, 0.2) is 0 Å². The summed E-state index contributed by atoms with van der Waals surface area (Å²) >= 11 is 9.20. The van der Waals surface area contributed by atoms with Crippen molar-refractivity contribution < 1.29 is 4.79 Å². The van der Waals surface area contributed by atoms with E-state index in [4.69, 9.17) is 11.6 Å². The molecule has 0 aliphatic heterocycles. The third-order valence-corrected chi connectivity index (χ3v) is 3.44. The molecular weight excluding hydrogens is 338 g/mol. The van der Waals surface area contributed by atoms with Gasteiger partial charge in [-0.1, -0.05) is 41.6 Å². The maximum Gasteiger partial charge on any atom is 0.253 e. The number of nitrogens with one attached hydrogen (secondary N) is 1. The number of hydrogen-bond acceptors (Lipinski definition) is 1. The van der Waals surface area contributed by atoms with Crippen molar-refractivity contribution in [1.82, 2.24) is 5.32 Å². The highest BCUT2D eigenvalue weighted by Gasteiger charge is 2.06. The summed E-state index contributed by atoms with van der Waals surface area (Å²) in [5.41, 5.74) is 1.42. The summed E-state index contributed by atoms with van der Waals surface area (Å²) in [5.74, 6) is 5.68. The van der Waals surface area contributed by atoms with Gasteiger partial charge in [0.05, 0.1) is 12.1 Å². The first-order valence-corrected chi connectivity index (χ1v) is 7.11. The van der Waals surface area contributed by atoms with Gasteiger partial charge in [0.1, 0.15) is 0 Å². The third-order valence-electron chi connectivity index (χ3n) is 2.51. The molecule has 0 unspecified atom stereocenters. The number of carbonyl (C=O) groups excluding carboxylic acids is 1. The van der Waals surface area contributed by atoms with Crippen LogP contribution in [0.15, 0.2) is 53.0 Å². The van der Waals surface area contributed by atoms with Crippen LogP contribution in [-0.2, 0) is 0 Å². The first-order chi connectivity index (χ1) is 9.66. The van der Waals surface area contributed by atoms with Crippen LogP contribution in [0, 0.1) is 11.8 Å². The lowest BCUT2D eigenvalue weighted by molar-refractivity contribution is 0.0958. The Morgan fingerprint density at radius 2 is 2.00 bits per heavy atom. The van der Waals surface area contributed by atoms with Crippen molar-refractivity contribution in [3.8, 4) is 11.8 Å². The first-order valence-electron chi connectivity index (χ1n) is 5.94. The molecular formula is C16H11BrClNO. The summed E-state index contributed by atoms with van der Waals surface area (Å²) in [7, 11) is 0. The van der Waals surface area contributed by atoms with Gasteiger partial charge in [0.25, 0.3) is 5.91 Å². The Balaban J connectivity index is 1.94. The minimum atomic E-state index is -0.155. The highest BCUT2D eigenvalue weighted by atomic mass is 79.9. The normalized spacial score (nSPS) is 9.50. The molecule has 0 aliphatic carbocycles. The molecule has 2 rings (SSSR count). The smallest absolute Gasteiger partial charge is 0.253 e. The number of halogens is 2. The lowest BCUT2D eigenvalue weighted by Gasteiger charge is -2.03. The summed E-state index contributed by atoms with van der Waals surface area (Å²) in [6.07, 6.45) is 0. The van der Waals surface area contributed by atoms with E-state index in [0.717, 1.165) is 10.0 Å². The number of carbonyl (C=O) groups is 1. The number of benzene rings is 2. The summed E-state index contributed by atoms with van der Waals surface area (Å²) in [6.45, 7) is 0.284. The van der Waals surface area contributed by atoms with Gasteiger partial charge in [0.2, 0.25) is 0 Å². The zero-order valence-corrected chi connectivity index (χ0v) is 12.8. The fourth-order valence-electron chi connectivity index (χ4n) is 1.58. The molecule has 0 fully saturated rings. The Kier molecular flexibility index (Phi) is 5.23. The van der Waals surface area contributed by atoms with Crippen LogP contribution < -0.4 is 5.32 Å². The maximum atomic E-state index is 11.9. The molecule has 0 atom stereocenters. The highest BCUT2D eigenvalue weighted by Crippen LogP contribution is 2.15. The lowest BCUT2D eigenvalue weighted by atomic mass is 10.2. The van der Waals surface area contributed by atoms with Gasteiger partial charge in [-0.25, -0.2) is 0 Å². The largest absolute Gasteiger partial charge is 0.341 e. The fourth-order valence-corrected chi connectivity index (χ4v) is 2.23. The van der Waals surface area contributed by atoms with Gasteiger partial charge in [-0.2, -0.15) is 0 Å². The summed E-state index contributed by atoms with van der Waals surface area (Å²) in [5, 5.41) is 3.40. The van der Waals surface area contributed by atoms with Crippen molar-refractivity contribution >= 4 is 33.4 Å². The van der Waals surface area contributed by atoms with Crippen molar-refractivity contribution in [2.45, 2.75) is 0 Å². The highest BCUT2D eigenvalue weighted by molar-refractivity contribution is 9.10. The molecule has 20 heavy (non-hydrogen) atoms. The van der Waals surface area contributed by atoms with Crippen molar-refractivity contribution in [3.05, 3.63) is 69.2 Å². The van der Waals surface area contributed by atoms with E-state index in [1.807, 2.05) is 30.3 Å². The van der Waals surface area contributed by atoms with E-state index in [0.29, 0.717) is 10.6 Å². The van der Waals surface area contributed by atoms with Crippen LogP contribution in [0.5, 0.6) is 0 Å². The van der Waals surface area contributed by atoms with Crippen molar-refractivity contribution in [3.63, 3.8) is 0 Å². The average Bonchev–Trinajstić information content (AvgIpc) is 2.44. The van der Waals surface area contributed by atoms with Gasteiger partial charge >= 0.3 is 0 Å². The average molecular weight is 349 g/mol. The van der Waals surface area contributed by atoms with Crippen molar-refractivity contribution in [1.29, 1.82) is 0 Å². The van der Waals surface area contributed by atoms with Crippen LogP contribution in [0.2, 0.25) is 5.02 Å². The van der Waals surface area contributed by atoms with Crippen LogP contribution >= 0.6 is 27.5 Å². The molecule has 4 heteroatoms. The molecule has 100 valence electrons. The summed E-state index contributed by atoms with van der Waals surface area (Å²) in [4.78, 5) is 11.9. The molecule has 0 aromatic heterocycles. The van der Waals surface area contributed by atoms with Crippen molar-refractivity contribution in [2.75, 3.05) is 6.54 Å². The molecule has 0 heterocycles. The molecule has 0 radical (unpaired) electrons. The predicted octanol–water partition coefficient (Wildman–Crippen LogP) is 3.88. The fraction of sp³-hybridized carbons (Fsp3) is 0.0625. The lowest BCUT2D eigenvalue weighted by Crippen LogP contribution is -2.23. The Labute approximate surface area is 131 Å². The molecule has 0 spiro atoms. The SMILES string of the molecule is O=C(NCC#Cc1cccc(Cl)c1)c1ccccc1Br. The van der Waals surface area contributed by atoms with Gasteiger partial charge in [-0.05, 0) is 46.3 Å². The van der Waals surface area contributed by atoms with E-state index in [1.54, 1.807) is 18.2 Å². The molecule has 2 aromatic carbocycles. The zero-order chi connectivity index (χ0) is 14.4. The molecule has 1 N–H and O–H groups in total. The Morgan fingerprint density at radius 3 is 2.75 bits per heavy atom. The molecule has 2 aromatic rings. The predicted molar refractivity (Wildman–Crippen MR) is 84.8 cm³/mol. The van der Waals surface area contributed by atoms with Crippen LogP contribution in [-0.4, -0.2) is 12.5 Å². The zero-order valence-electron chi connectivity index (χ0n) is 10.5. The first kappa shape index (κ1) is 14.6. The molecule has 2 nitrogen and oxygen atoms in total.